The van der Waals surface area contributed by atoms with Gasteiger partial charge in [0.05, 0.1) is 12.6 Å². The van der Waals surface area contributed by atoms with Crippen LogP contribution in [0.2, 0.25) is 5.02 Å². The van der Waals surface area contributed by atoms with Crippen molar-refractivity contribution in [3.8, 4) is 0 Å². The van der Waals surface area contributed by atoms with Gasteiger partial charge in [-0.25, -0.2) is 0 Å². The Kier molecular flexibility index (Phi) is 7.52. The van der Waals surface area contributed by atoms with Crippen molar-refractivity contribution in [2.45, 2.75) is 19.4 Å². The SMILES string of the molecule is CCNC(=NCC(O)c1ccncc1)NCCc1cccc(Cl)c1. The second-order valence-electron chi connectivity index (χ2n) is 5.32. The van der Waals surface area contributed by atoms with E-state index in [1.165, 1.54) is 5.56 Å². The Bertz CT molecular complexity index is 648. The van der Waals surface area contributed by atoms with Crippen LogP contribution in [-0.2, 0) is 6.42 Å². The normalized spacial score (nSPS) is 12.7. The summed E-state index contributed by atoms with van der Waals surface area (Å²) >= 11 is 5.99. The highest BCUT2D eigenvalue weighted by Crippen LogP contribution is 2.11. The quantitative estimate of drug-likeness (QED) is 0.532. The molecule has 0 aliphatic rings. The first-order valence-electron chi connectivity index (χ1n) is 8.03. The third-order valence-electron chi connectivity index (χ3n) is 3.45. The molecule has 0 saturated carbocycles. The van der Waals surface area contributed by atoms with Gasteiger partial charge in [-0.15, -0.1) is 0 Å². The lowest BCUT2D eigenvalue weighted by Gasteiger charge is -2.13. The molecule has 1 heterocycles. The van der Waals surface area contributed by atoms with Gasteiger partial charge in [0.2, 0.25) is 0 Å². The van der Waals surface area contributed by atoms with Crippen LogP contribution in [0.15, 0.2) is 53.8 Å². The van der Waals surface area contributed by atoms with Gasteiger partial charge in [-0.05, 0) is 48.7 Å². The van der Waals surface area contributed by atoms with Gasteiger partial charge in [-0.1, -0.05) is 23.7 Å². The Hall–Kier alpha value is -2.11. The van der Waals surface area contributed by atoms with Gasteiger partial charge < -0.3 is 15.7 Å². The van der Waals surface area contributed by atoms with Crippen molar-refractivity contribution in [3.05, 3.63) is 64.9 Å². The maximum absolute atomic E-state index is 10.2. The predicted molar refractivity (Wildman–Crippen MR) is 98.3 cm³/mol. The van der Waals surface area contributed by atoms with E-state index >= 15 is 0 Å². The molecule has 0 amide bonds. The minimum Gasteiger partial charge on any atom is -0.386 e. The van der Waals surface area contributed by atoms with E-state index in [4.69, 9.17) is 11.6 Å². The van der Waals surface area contributed by atoms with Crippen LogP contribution in [0.25, 0.3) is 0 Å². The molecule has 1 atom stereocenters. The lowest BCUT2D eigenvalue weighted by molar-refractivity contribution is 0.187. The van der Waals surface area contributed by atoms with Crippen LogP contribution in [0.4, 0.5) is 0 Å². The summed E-state index contributed by atoms with van der Waals surface area (Å²) in [5.41, 5.74) is 1.98. The smallest absolute Gasteiger partial charge is 0.191 e. The topological polar surface area (TPSA) is 69.5 Å². The molecule has 5 nitrogen and oxygen atoms in total. The number of aliphatic imine (C=N–C) groups is 1. The van der Waals surface area contributed by atoms with Crippen LogP contribution in [0.3, 0.4) is 0 Å². The van der Waals surface area contributed by atoms with E-state index in [2.05, 4.69) is 20.6 Å². The number of hydrogen-bond donors (Lipinski definition) is 3. The fraction of sp³-hybridized carbons (Fsp3) is 0.333. The molecule has 0 fully saturated rings. The number of aliphatic hydroxyl groups is 1. The highest BCUT2D eigenvalue weighted by atomic mass is 35.5. The summed E-state index contributed by atoms with van der Waals surface area (Å²) in [5.74, 6) is 0.688. The van der Waals surface area contributed by atoms with E-state index in [0.717, 1.165) is 30.1 Å². The van der Waals surface area contributed by atoms with Crippen LogP contribution in [0.1, 0.15) is 24.2 Å². The van der Waals surface area contributed by atoms with Gasteiger partial charge in [0, 0.05) is 30.5 Å². The minimum absolute atomic E-state index is 0.288. The second kappa shape index (κ2) is 9.90. The van der Waals surface area contributed by atoms with Gasteiger partial charge in [0.25, 0.3) is 0 Å². The molecule has 3 N–H and O–H groups in total. The molecule has 0 saturated heterocycles. The molecule has 128 valence electrons. The van der Waals surface area contributed by atoms with Crippen LogP contribution in [0, 0.1) is 0 Å². The van der Waals surface area contributed by atoms with Crippen molar-refractivity contribution in [1.29, 1.82) is 0 Å². The maximum atomic E-state index is 10.2. The zero-order valence-corrected chi connectivity index (χ0v) is 14.5. The number of nitrogens with one attached hydrogen (secondary N) is 2. The van der Waals surface area contributed by atoms with E-state index < -0.39 is 6.10 Å². The number of halogens is 1. The van der Waals surface area contributed by atoms with E-state index in [0.29, 0.717) is 5.96 Å². The molecule has 0 spiro atoms. The number of rotatable bonds is 7. The molecule has 0 aliphatic carbocycles. The molecule has 1 aromatic carbocycles. The minimum atomic E-state index is -0.642. The molecular formula is C18H23ClN4O. The number of hydrogen-bond acceptors (Lipinski definition) is 3. The number of aliphatic hydroxyl groups excluding tert-OH is 1. The summed E-state index contributed by atoms with van der Waals surface area (Å²) in [7, 11) is 0. The average Bonchev–Trinajstić information content (AvgIpc) is 2.60. The molecule has 0 aliphatic heterocycles. The average molecular weight is 347 g/mol. The number of guanidine groups is 1. The lowest BCUT2D eigenvalue weighted by atomic mass is 10.1. The number of aromatic nitrogens is 1. The summed E-state index contributed by atoms with van der Waals surface area (Å²) in [6.45, 7) is 3.79. The highest BCUT2D eigenvalue weighted by molar-refractivity contribution is 6.30. The predicted octanol–water partition coefficient (Wildman–Crippen LogP) is 2.57. The summed E-state index contributed by atoms with van der Waals surface area (Å²) in [6, 6.07) is 11.4. The summed E-state index contributed by atoms with van der Waals surface area (Å²) in [6.07, 6.45) is 3.53. The number of nitrogens with zero attached hydrogens (tertiary/aromatic N) is 2. The fourth-order valence-electron chi connectivity index (χ4n) is 2.23. The summed E-state index contributed by atoms with van der Waals surface area (Å²) < 4.78 is 0. The Morgan fingerprint density at radius 2 is 2.04 bits per heavy atom. The molecule has 6 heteroatoms. The van der Waals surface area contributed by atoms with Crippen molar-refractivity contribution in [3.63, 3.8) is 0 Å². The Morgan fingerprint density at radius 1 is 1.25 bits per heavy atom. The molecular weight excluding hydrogens is 324 g/mol. The first kappa shape index (κ1) is 18.2. The maximum Gasteiger partial charge on any atom is 0.191 e. The second-order valence-corrected chi connectivity index (χ2v) is 5.76. The molecule has 24 heavy (non-hydrogen) atoms. The first-order valence-corrected chi connectivity index (χ1v) is 8.41. The Labute approximate surface area is 147 Å². The van der Waals surface area contributed by atoms with Crippen LogP contribution < -0.4 is 10.6 Å². The van der Waals surface area contributed by atoms with Crippen molar-refractivity contribution >= 4 is 17.6 Å². The van der Waals surface area contributed by atoms with Crippen LogP contribution in [0.5, 0.6) is 0 Å². The van der Waals surface area contributed by atoms with Gasteiger partial charge >= 0.3 is 0 Å². The molecule has 1 aromatic heterocycles. The summed E-state index contributed by atoms with van der Waals surface area (Å²) in [4.78, 5) is 8.38. The number of benzene rings is 1. The molecule has 2 aromatic rings. The van der Waals surface area contributed by atoms with Crippen molar-refractivity contribution in [2.75, 3.05) is 19.6 Å². The van der Waals surface area contributed by atoms with Crippen LogP contribution >= 0.6 is 11.6 Å². The van der Waals surface area contributed by atoms with E-state index in [-0.39, 0.29) is 6.54 Å². The highest BCUT2D eigenvalue weighted by Gasteiger charge is 2.07. The monoisotopic (exact) mass is 346 g/mol. The zero-order chi connectivity index (χ0) is 17.2. The number of pyridine rings is 1. The van der Waals surface area contributed by atoms with E-state index in [1.807, 2.05) is 31.2 Å². The van der Waals surface area contributed by atoms with Crippen LogP contribution in [-0.4, -0.2) is 35.7 Å². The Morgan fingerprint density at radius 3 is 2.75 bits per heavy atom. The largest absolute Gasteiger partial charge is 0.386 e. The summed E-state index contributed by atoms with van der Waals surface area (Å²) in [5, 5.41) is 17.4. The van der Waals surface area contributed by atoms with Gasteiger partial charge in [0.1, 0.15) is 0 Å². The standard InChI is InChI=1S/C18H23ClN4O/c1-2-21-18(22-11-6-14-4-3-5-16(19)12-14)23-13-17(24)15-7-9-20-10-8-15/h3-5,7-10,12,17,24H,2,6,11,13H2,1H3,(H2,21,22,23). The zero-order valence-electron chi connectivity index (χ0n) is 13.7. The van der Waals surface area contributed by atoms with Crippen molar-refractivity contribution in [1.82, 2.24) is 15.6 Å². The third-order valence-corrected chi connectivity index (χ3v) is 3.69. The molecule has 1 unspecified atom stereocenters. The van der Waals surface area contributed by atoms with Crippen molar-refractivity contribution < 1.29 is 5.11 Å². The van der Waals surface area contributed by atoms with Gasteiger partial charge in [0.15, 0.2) is 5.96 Å². The molecule has 0 bridgehead atoms. The lowest BCUT2D eigenvalue weighted by Crippen LogP contribution is -2.38. The Balaban J connectivity index is 1.86. The van der Waals surface area contributed by atoms with Gasteiger partial charge in [-0.3, -0.25) is 9.98 Å². The molecule has 2 rings (SSSR count). The van der Waals surface area contributed by atoms with E-state index in [9.17, 15) is 5.11 Å². The van der Waals surface area contributed by atoms with Gasteiger partial charge in [-0.2, -0.15) is 0 Å². The molecule has 0 radical (unpaired) electrons. The van der Waals surface area contributed by atoms with E-state index in [1.54, 1.807) is 24.5 Å². The first-order chi connectivity index (χ1) is 11.7. The van der Waals surface area contributed by atoms with Crippen molar-refractivity contribution in [2.24, 2.45) is 4.99 Å². The third kappa shape index (κ3) is 6.18. The fourth-order valence-corrected chi connectivity index (χ4v) is 2.44.